The largest absolute Gasteiger partial charge is 0.332 e. The molecule has 2 atom stereocenters. The van der Waals surface area contributed by atoms with Gasteiger partial charge in [-0.3, -0.25) is 9.58 Å². The second kappa shape index (κ2) is 8.78. The van der Waals surface area contributed by atoms with Crippen LogP contribution in [0.3, 0.4) is 0 Å². The Labute approximate surface area is 174 Å². The molecule has 7 nitrogen and oxygen atoms in total. The predicted molar refractivity (Wildman–Crippen MR) is 115 cm³/mol. The van der Waals surface area contributed by atoms with Gasteiger partial charge in [0.05, 0.1) is 5.69 Å². The SMILES string of the molecule is CC(C)Cn1cc(CCCc2cnc(N3C4CCC3CN(C(C)C)C4)nc2)nn1. The van der Waals surface area contributed by atoms with Gasteiger partial charge >= 0.3 is 0 Å². The van der Waals surface area contributed by atoms with Gasteiger partial charge in [0.25, 0.3) is 0 Å². The van der Waals surface area contributed by atoms with E-state index < -0.39 is 0 Å². The van der Waals surface area contributed by atoms with Gasteiger partial charge in [-0.1, -0.05) is 19.1 Å². The van der Waals surface area contributed by atoms with Crippen LogP contribution in [-0.4, -0.2) is 61.1 Å². The number of fused-ring (bicyclic) bond motifs is 2. The van der Waals surface area contributed by atoms with E-state index in [0.717, 1.165) is 50.5 Å². The number of hydrogen-bond acceptors (Lipinski definition) is 6. The zero-order valence-electron chi connectivity index (χ0n) is 18.3. The Kier molecular flexibility index (Phi) is 6.13. The molecule has 0 spiro atoms. The van der Waals surface area contributed by atoms with Gasteiger partial charge in [-0.25, -0.2) is 9.97 Å². The molecule has 158 valence electrons. The van der Waals surface area contributed by atoms with E-state index in [4.69, 9.17) is 9.97 Å². The zero-order chi connectivity index (χ0) is 20.4. The molecule has 0 radical (unpaired) electrons. The van der Waals surface area contributed by atoms with Crippen LogP contribution in [0, 0.1) is 5.92 Å². The average Bonchev–Trinajstić information content (AvgIpc) is 3.22. The molecule has 4 heterocycles. The van der Waals surface area contributed by atoms with E-state index in [9.17, 15) is 0 Å². The number of likely N-dealkylation sites (tertiary alicyclic amines) is 1. The molecule has 2 aromatic heterocycles. The van der Waals surface area contributed by atoms with E-state index >= 15 is 0 Å². The van der Waals surface area contributed by atoms with Crippen LogP contribution in [0.1, 0.15) is 58.2 Å². The number of anilines is 1. The van der Waals surface area contributed by atoms with Crippen LogP contribution in [0.5, 0.6) is 0 Å². The summed E-state index contributed by atoms with van der Waals surface area (Å²) in [7, 11) is 0. The highest BCUT2D eigenvalue weighted by Gasteiger charge is 2.41. The molecule has 2 aliphatic rings. The molecule has 0 saturated carbocycles. The molecule has 2 unspecified atom stereocenters. The van der Waals surface area contributed by atoms with Crippen molar-refractivity contribution in [3.8, 4) is 0 Å². The van der Waals surface area contributed by atoms with Crippen molar-refractivity contribution < 1.29 is 0 Å². The Hall–Kier alpha value is -2.02. The van der Waals surface area contributed by atoms with Crippen molar-refractivity contribution in [2.24, 2.45) is 5.92 Å². The molecule has 0 amide bonds. The topological polar surface area (TPSA) is 63.0 Å². The second-order valence-electron chi connectivity index (χ2n) is 9.41. The summed E-state index contributed by atoms with van der Waals surface area (Å²) in [6.07, 6.45) is 11.6. The highest BCUT2D eigenvalue weighted by atomic mass is 15.4. The van der Waals surface area contributed by atoms with E-state index in [0.29, 0.717) is 24.0 Å². The van der Waals surface area contributed by atoms with E-state index in [1.54, 1.807) is 0 Å². The summed E-state index contributed by atoms with van der Waals surface area (Å²) in [6, 6.07) is 1.75. The van der Waals surface area contributed by atoms with E-state index in [1.807, 2.05) is 17.1 Å². The molecular weight excluding hydrogens is 362 g/mol. The minimum atomic E-state index is 0.565. The molecule has 4 rings (SSSR count). The molecular formula is C22H35N7. The summed E-state index contributed by atoms with van der Waals surface area (Å²) >= 11 is 0. The standard InChI is InChI=1S/C22H35N7/c1-16(2)12-28-13-19(25-26-28)7-5-6-18-10-23-22(24-11-18)29-20-8-9-21(29)15-27(14-20)17(3)4/h10-11,13,16-17,20-21H,5-9,12,14-15H2,1-4H3. The van der Waals surface area contributed by atoms with Gasteiger partial charge in [0, 0.05) is 56.4 Å². The lowest BCUT2D eigenvalue weighted by Gasteiger charge is -2.42. The third-order valence-corrected chi connectivity index (χ3v) is 6.20. The van der Waals surface area contributed by atoms with Crippen molar-refractivity contribution in [2.45, 2.75) is 84.5 Å². The van der Waals surface area contributed by atoms with Crippen LogP contribution in [-0.2, 0) is 19.4 Å². The molecule has 2 aromatic rings. The fourth-order valence-electron chi connectivity index (χ4n) is 4.68. The number of piperazine rings is 1. The van der Waals surface area contributed by atoms with Crippen LogP contribution in [0.4, 0.5) is 5.95 Å². The lowest BCUT2D eigenvalue weighted by molar-refractivity contribution is 0.176. The molecule has 0 aliphatic carbocycles. The van der Waals surface area contributed by atoms with E-state index in [1.165, 1.54) is 18.4 Å². The number of rotatable bonds is 8. The molecule has 2 saturated heterocycles. The summed E-state index contributed by atoms with van der Waals surface area (Å²) in [4.78, 5) is 14.6. The van der Waals surface area contributed by atoms with Gasteiger partial charge in [0.15, 0.2) is 0 Å². The summed E-state index contributed by atoms with van der Waals surface area (Å²) in [5.74, 6) is 1.50. The first-order valence-electron chi connectivity index (χ1n) is 11.2. The number of aryl methyl sites for hydroxylation is 2. The Morgan fingerprint density at radius 3 is 2.31 bits per heavy atom. The van der Waals surface area contributed by atoms with Crippen molar-refractivity contribution in [3.63, 3.8) is 0 Å². The van der Waals surface area contributed by atoms with Crippen LogP contribution < -0.4 is 4.90 Å². The second-order valence-corrected chi connectivity index (χ2v) is 9.41. The summed E-state index contributed by atoms with van der Waals surface area (Å²) in [5, 5.41) is 8.50. The molecule has 0 N–H and O–H groups in total. The number of hydrogen-bond donors (Lipinski definition) is 0. The van der Waals surface area contributed by atoms with Gasteiger partial charge in [0.1, 0.15) is 0 Å². The normalized spacial score (nSPS) is 22.2. The molecule has 29 heavy (non-hydrogen) atoms. The third-order valence-electron chi connectivity index (χ3n) is 6.20. The predicted octanol–water partition coefficient (Wildman–Crippen LogP) is 2.96. The summed E-state index contributed by atoms with van der Waals surface area (Å²) in [5.41, 5.74) is 2.28. The Balaban J connectivity index is 1.29. The highest BCUT2D eigenvalue weighted by molar-refractivity contribution is 5.37. The highest BCUT2D eigenvalue weighted by Crippen LogP contribution is 2.33. The first-order valence-corrected chi connectivity index (χ1v) is 11.2. The molecule has 7 heteroatoms. The Bertz CT molecular complexity index is 769. The summed E-state index contributed by atoms with van der Waals surface area (Å²) < 4.78 is 1.95. The van der Waals surface area contributed by atoms with Gasteiger partial charge in [-0.15, -0.1) is 5.10 Å². The van der Waals surface area contributed by atoms with Crippen LogP contribution >= 0.6 is 0 Å². The Morgan fingerprint density at radius 2 is 1.69 bits per heavy atom. The van der Waals surface area contributed by atoms with Crippen molar-refractivity contribution in [1.29, 1.82) is 0 Å². The Morgan fingerprint density at radius 1 is 1.00 bits per heavy atom. The zero-order valence-corrected chi connectivity index (χ0v) is 18.3. The van der Waals surface area contributed by atoms with Gasteiger partial charge in [-0.2, -0.15) is 0 Å². The van der Waals surface area contributed by atoms with Gasteiger partial charge in [0.2, 0.25) is 5.95 Å². The smallest absolute Gasteiger partial charge is 0.225 e. The molecule has 2 fully saturated rings. The monoisotopic (exact) mass is 397 g/mol. The minimum Gasteiger partial charge on any atom is -0.332 e. The average molecular weight is 398 g/mol. The molecule has 0 aromatic carbocycles. The first-order chi connectivity index (χ1) is 14.0. The van der Waals surface area contributed by atoms with Crippen molar-refractivity contribution >= 4 is 5.95 Å². The van der Waals surface area contributed by atoms with Crippen LogP contribution in [0.25, 0.3) is 0 Å². The van der Waals surface area contributed by atoms with Gasteiger partial charge in [-0.05, 0) is 57.4 Å². The maximum absolute atomic E-state index is 4.74. The lowest BCUT2D eigenvalue weighted by Crippen LogP contribution is -2.56. The number of nitrogens with zero attached hydrogens (tertiary/aromatic N) is 7. The van der Waals surface area contributed by atoms with Crippen LogP contribution in [0.15, 0.2) is 18.6 Å². The third kappa shape index (κ3) is 4.77. The minimum absolute atomic E-state index is 0.565. The van der Waals surface area contributed by atoms with Crippen molar-refractivity contribution in [1.82, 2.24) is 29.9 Å². The fourth-order valence-corrected chi connectivity index (χ4v) is 4.68. The maximum atomic E-state index is 4.74. The van der Waals surface area contributed by atoms with Gasteiger partial charge < -0.3 is 4.90 Å². The first kappa shape index (κ1) is 20.3. The van der Waals surface area contributed by atoms with E-state index in [2.05, 4.69) is 54.0 Å². The van der Waals surface area contributed by atoms with Crippen molar-refractivity contribution in [3.05, 3.63) is 29.8 Å². The van der Waals surface area contributed by atoms with Crippen molar-refractivity contribution in [2.75, 3.05) is 18.0 Å². The molecule has 2 bridgehead atoms. The number of aromatic nitrogens is 5. The van der Waals surface area contributed by atoms with Crippen LogP contribution in [0.2, 0.25) is 0 Å². The van der Waals surface area contributed by atoms with E-state index in [-0.39, 0.29) is 0 Å². The lowest BCUT2D eigenvalue weighted by atomic mass is 10.1. The molecule has 2 aliphatic heterocycles. The quantitative estimate of drug-likeness (QED) is 0.682. The summed E-state index contributed by atoms with van der Waals surface area (Å²) in [6.45, 7) is 12.2. The fraction of sp³-hybridized carbons (Fsp3) is 0.727. The maximum Gasteiger partial charge on any atom is 0.225 e.